The van der Waals surface area contributed by atoms with Crippen LogP contribution < -0.4 is 5.32 Å². The maximum Gasteiger partial charge on any atom is 0.0986 e. The molecule has 3 nitrogen and oxygen atoms in total. The number of allylic oxidation sites excluding steroid dienone is 3. The Hall–Kier alpha value is -1.65. The Kier molecular flexibility index (Phi) is 4.19. The first kappa shape index (κ1) is 15.9. The second kappa shape index (κ2) is 6.34. The molecule has 0 spiro atoms. The van der Waals surface area contributed by atoms with Crippen LogP contribution in [0.15, 0.2) is 46.6 Å². The van der Waals surface area contributed by atoms with Crippen molar-refractivity contribution in [2.45, 2.75) is 30.7 Å². The summed E-state index contributed by atoms with van der Waals surface area (Å²) in [5.74, 6) is 1.52. The van der Waals surface area contributed by atoms with Gasteiger partial charge in [0.2, 0.25) is 0 Å². The molecule has 1 aliphatic carbocycles. The van der Waals surface area contributed by atoms with Crippen molar-refractivity contribution in [3.05, 3.63) is 52.9 Å². The lowest BCUT2D eigenvalue weighted by molar-refractivity contribution is 0.242. The van der Waals surface area contributed by atoms with E-state index in [1.807, 2.05) is 11.8 Å². The predicted molar refractivity (Wildman–Crippen MR) is 101 cm³/mol. The summed E-state index contributed by atoms with van der Waals surface area (Å²) in [5, 5.41) is 5.10. The van der Waals surface area contributed by atoms with Gasteiger partial charge in [0.05, 0.1) is 18.9 Å². The van der Waals surface area contributed by atoms with Crippen LogP contribution in [0.1, 0.15) is 30.6 Å². The third-order valence-electron chi connectivity index (χ3n) is 5.25. The van der Waals surface area contributed by atoms with Crippen molar-refractivity contribution in [1.29, 1.82) is 0 Å². The van der Waals surface area contributed by atoms with Crippen molar-refractivity contribution in [3.8, 4) is 0 Å². The van der Waals surface area contributed by atoms with Crippen LogP contribution in [0.25, 0.3) is 10.9 Å². The SMILES string of the molecule is COC1=CC=C(C2NCCc3c2[nH]c2ccc(SC)cc32)CC1C. The van der Waals surface area contributed by atoms with Crippen LogP contribution in [0.3, 0.4) is 0 Å². The summed E-state index contributed by atoms with van der Waals surface area (Å²) >= 11 is 1.81. The number of ether oxygens (including phenoxy) is 1. The van der Waals surface area contributed by atoms with Crippen molar-refractivity contribution >= 4 is 22.7 Å². The van der Waals surface area contributed by atoms with Crippen LogP contribution in [0, 0.1) is 5.92 Å². The number of aromatic amines is 1. The third-order valence-corrected chi connectivity index (χ3v) is 5.98. The molecule has 0 bridgehead atoms. The van der Waals surface area contributed by atoms with Gasteiger partial charge in [0, 0.05) is 34.0 Å². The van der Waals surface area contributed by atoms with E-state index in [1.165, 1.54) is 32.6 Å². The van der Waals surface area contributed by atoms with E-state index in [1.54, 1.807) is 7.11 Å². The topological polar surface area (TPSA) is 37.0 Å². The molecule has 0 saturated heterocycles. The van der Waals surface area contributed by atoms with Crippen LogP contribution in [0.5, 0.6) is 0 Å². The zero-order valence-corrected chi connectivity index (χ0v) is 15.3. The Morgan fingerprint density at radius 3 is 2.88 bits per heavy atom. The Labute approximate surface area is 147 Å². The van der Waals surface area contributed by atoms with E-state index in [-0.39, 0.29) is 6.04 Å². The van der Waals surface area contributed by atoms with E-state index < -0.39 is 0 Å². The summed E-state index contributed by atoms with van der Waals surface area (Å²) in [6.45, 7) is 3.27. The fourth-order valence-electron chi connectivity index (χ4n) is 4.01. The van der Waals surface area contributed by atoms with Crippen LogP contribution in [0.2, 0.25) is 0 Å². The normalized spacial score (nSPS) is 23.6. The van der Waals surface area contributed by atoms with Gasteiger partial charge in [-0.1, -0.05) is 13.0 Å². The van der Waals surface area contributed by atoms with Crippen molar-refractivity contribution in [2.75, 3.05) is 19.9 Å². The highest BCUT2D eigenvalue weighted by atomic mass is 32.2. The van der Waals surface area contributed by atoms with Crippen molar-refractivity contribution < 1.29 is 4.74 Å². The Morgan fingerprint density at radius 2 is 2.12 bits per heavy atom. The summed E-state index contributed by atoms with van der Waals surface area (Å²) in [6, 6.07) is 7.04. The highest BCUT2D eigenvalue weighted by molar-refractivity contribution is 7.98. The van der Waals surface area contributed by atoms with E-state index in [4.69, 9.17) is 4.74 Å². The summed E-state index contributed by atoms with van der Waals surface area (Å²) in [7, 11) is 1.76. The van der Waals surface area contributed by atoms with Crippen molar-refractivity contribution in [3.63, 3.8) is 0 Å². The lowest BCUT2D eigenvalue weighted by Crippen LogP contribution is -2.32. The minimum atomic E-state index is 0.288. The standard InChI is InChI=1S/C20H24N2OS/c1-12-10-13(4-7-18(12)23-2)19-20-15(8-9-21-19)16-11-14(24-3)5-6-17(16)22-20/h4-7,11-12,19,21-22H,8-10H2,1-3H3. The minimum absolute atomic E-state index is 0.288. The second-order valence-electron chi connectivity index (χ2n) is 6.69. The van der Waals surface area contributed by atoms with Gasteiger partial charge in [0.15, 0.2) is 0 Å². The molecule has 1 aromatic heterocycles. The van der Waals surface area contributed by atoms with Gasteiger partial charge in [0.1, 0.15) is 0 Å². The smallest absolute Gasteiger partial charge is 0.0986 e. The van der Waals surface area contributed by atoms with Gasteiger partial charge in [-0.25, -0.2) is 0 Å². The Bertz CT molecular complexity index is 834. The molecule has 1 aliphatic heterocycles. The molecule has 2 N–H and O–H groups in total. The van der Waals surface area contributed by atoms with Crippen molar-refractivity contribution in [1.82, 2.24) is 10.3 Å². The van der Waals surface area contributed by atoms with Gasteiger partial charge in [-0.05, 0) is 54.5 Å². The van der Waals surface area contributed by atoms with Gasteiger partial charge in [-0.15, -0.1) is 11.8 Å². The van der Waals surface area contributed by atoms with Gasteiger partial charge in [-0.3, -0.25) is 0 Å². The average molecular weight is 340 g/mol. The van der Waals surface area contributed by atoms with Crippen LogP contribution in [-0.4, -0.2) is 24.9 Å². The fourth-order valence-corrected chi connectivity index (χ4v) is 4.45. The molecule has 1 aromatic carbocycles. The monoisotopic (exact) mass is 340 g/mol. The van der Waals surface area contributed by atoms with E-state index in [0.717, 1.165) is 25.1 Å². The maximum absolute atomic E-state index is 5.47. The number of thioether (sulfide) groups is 1. The molecule has 2 atom stereocenters. The van der Waals surface area contributed by atoms with Gasteiger partial charge in [0.25, 0.3) is 0 Å². The molecule has 2 heterocycles. The lowest BCUT2D eigenvalue weighted by Gasteiger charge is -2.30. The van der Waals surface area contributed by atoms with Crippen LogP contribution in [-0.2, 0) is 11.2 Å². The van der Waals surface area contributed by atoms with E-state index in [2.05, 4.69) is 53.8 Å². The minimum Gasteiger partial charge on any atom is -0.501 e. The first-order valence-electron chi connectivity index (χ1n) is 8.57. The maximum atomic E-state index is 5.47. The summed E-state index contributed by atoms with van der Waals surface area (Å²) in [5.41, 5.74) is 5.53. The van der Waals surface area contributed by atoms with Gasteiger partial charge < -0.3 is 15.0 Å². The molecule has 0 fully saturated rings. The second-order valence-corrected chi connectivity index (χ2v) is 7.57. The first-order chi connectivity index (χ1) is 11.7. The predicted octanol–water partition coefficient (Wildman–Crippen LogP) is 4.57. The quantitative estimate of drug-likeness (QED) is 0.804. The third kappa shape index (κ3) is 2.58. The lowest BCUT2D eigenvalue weighted by atomic mass is 9.85. The van der Waals surface area contributed by atoms with E-state index in [9.17, 15) is 0 Å². The zero-order valence-electron chi connectivity index (χ0n) is 14.5. The molecule has 2 aliphatic rings. The molecule has 0 saturated carbocycles. The fraction of sp³-hybridized carbons (Fsp3) is 0.400. The molecule has 126 valence electrons. The molecule has 2 aromatic rings. The number of benzene rings is 1. The number of fused-ring (bicyclic) bond motifs is 3. The molecule has 0 amide bonds. The molecular weight excluding hydrogens is 316 g/mol. The van der Waals surface area contributed by atoms with Gasteiger partial charge in [-0.2, -0.15) is 0 Å². The van der Waals surface area contributed by atoms with Gasteiger partial charge >= 0.3 is 0 Å². The van der Waals surface area contributed by atoms with E-state index in [0.29, 0.717) is 5.92 Å². The van der Waals surface area contributed by atoms with Crippen molar-refractivity contribution in [2.24, 2.45) is 5.92 Å². The molecule has 4 heteroatoms. The average Bonchev–Trinajstić information content (AvgIpc) is 2.99. The Balaban J connectivity index is 1.77. The number of nitrogens with one attached hydrogen (secondary N) is 2. The number of methoxy groups -OCH3 is 1. The molecular formula is C20H24N2OS. The summed E-state index contributed by atoms with van der Waals surface area (Å²) < 4.78 is 5.47. The number of hydrogen-bond donors (Lipinski definition) is 2. The summed E-state index contributed by atoms with van der Waals surface area (Å²) in [6.07, 6.45) is 8.64. The van der Waals surface area contributed by atoms with Crippen LogP contribution in [0.4, 0.5) is 0 Å². The first-order valence-corrected chi connectivity index (χ1v) is 9.80. The molecule has 4 rings (SSSR count). The number of hydrogen-bond acceptors (Lipinski definition) is 3. The van der Waals surface area contributed by atoms with E-state index >= 15 is 0 Å². The van der Waals surface area contributed by atoms with Crippen LogP contribution >= 0.6 is 11.8 Å². The highest BCUT2D eigenvalue weighted by Crippen LogP contribution is 2.38. The summed E-state index contributed by atoms with van der Waals surface area (Å²) in [4.78, 5) is 5.02. The number of aromatic nitrogens is 1. The molecule has 2 unspecified atom stereocenters. The Morgan fingerprint density at radius 1 is 1.25 bits per heavy atom. The number of H-pyrrole nitrogens is 1. The zero-order chi connectivity index (χ0) is 16.7. The molecule has 24 heavy (non-hydrogen) atoms. The highest BCUT2D eigenvalue weighted by Gasteiger charge is 2.29. The number of rotatable bonds is 3. The largest absolute Gasteiger partial charge is 0.501 e. The molecule has 0 radical (unpaired) electrons.